The number of thiocarbonyl (C=S) groups is 1. The molecule has 0 radical (unpaired) electrons. The monoisotopic (exact) mass is 591 g/mol. The maximum atomic E-state index is 13.4. The van der Waals surface area contributed by atoms with Gasteiger partial charge < -0.3 is 15.4 Å². The number of rotatable bonds is 7. The Morgan fingerprint density at radius 1 is 1.14 bits per heavy atom. The van der Waals surface area contributed by atoms with Crippen molar-refractivity contribution in [2.75, 3.05) is 11.9 Å². The van der Waals surface area contributed by atoms with Gasteiger partial charge >= 0.3 is 6.18 Å². The number of halogens is 6. The van der Waals surface area contributed by atoms with Gasteiger partial charge in [-0.3, -0.25) is 9.59 Å². The number of hydrogen-bond acceptors (Lipinski definition) is 6. The first-order valence-electron chi connectivity index (χ1n) is 10.5. The number of hydrogen-bond donors (Lipinski definition) is 2. The molecule has 0 aliphatic heterocycles. The van der Waals surface area contributed by atoms with Crippen molar-refractivity contribution >= 4 is 69.4 Å². The summed E-state index contributed by atoms with van der Waals surface area (Å²) in [5, 5.41) is 8.43. The Morgan fingerprint density at radius 3 is 2.51 bits per heavy atom. The summed E-state index contributed by atoms with van der Waals surface area (Å²) in [4.78, 5) is 30.9. The van der Waals surface area contributed by atoms with Crippen LogP contribution in [0.15, 0.2) is 36.5 Å². The summed E-state index contributed by atoms with van der Waals surface area (Å²) < 4.78 is 44.8. The molecule has 2 N–H and O–H groups in total. The van der Waals surface area contributed by atoms with Crippen LogP contribution in [0.5, 0.6) is 5.88 Å². The second-order valence-electron chi connectivity index (χ2n) is 7.84. The Hall–Kier alpha value is -2.93. The number of alkyl halides is 3. The van der Waals surface area contributed by atoms with Crippen LogP contribution in [0.4, 0.5) is 18.9 Å². The van der Waals surface area contributed by atoms with E-state index in [-0.39, 0.29) is 49.8 Å². The van der Waals surface area contributed by atoms with Gasteiger partial charge in [0, 0.05) is 35.0 Å². The molecule has 8 nitrogen and oxygen atoms in total. The standard InChI is InChI=1S/C22H15Cl3F3N5O3S/c23-10-4-13(20(34)30-9-22(26,27)28)18(15(25)5-10)31-21(35)16-8-17(36-11-6-12(37)7-11)32-33(16)19-14(24)2-1-3-29-19/h1-5,8,11H,6-7,9H2,(H,30,34)(H,31,35). The second-order valence-corrected chi connectivity index (χ2v) is 9.67. The summed E-state index contributed by atoms with van der Waals surface area (Å²) in [5.41, 5.74) is -0.746. The van der Waals surface area contributed by atoms with E-state index in [0.717, 1.165) is 15.6 Å². The fraction of sp³-hybridized carbons (Fsp3) is 0.227. The van der Waals surface area contributed by atoms with E-state index in [4.69, 9.17) is 51.8 Å². The number of ether oxygens (including phenoxy) is 1. The number of benzene rings is 1. The number of pyridine rings is 1. The Labute approximate surface area is 228 Å². The molecule has 1 saturated carbocycles. The first-order valence-corrected chi connectivity index (χ1v) is 12.0. The minimum absolute atomic E-state index is 0.0282. The van der Waals surface area contributed by atoms with E-state index in [1.807, 2.05) is 0 Å². The lowest BCUT2D eigenvalue weighted by Crippen LogP contribution is -2.34. The molecule has 2 amide bonds. The van der Waals surface area contributed by atoms with Crippen LogP contribution in [-0.2, 0) is 0 Å². The predicted molar refractivity (Wildman–Crippen MR) is 135 cm³/mol. The van der Waals surface area contributed by atoms with E-state index in [1.165, 1.54) is 24.4 Å². The number of aromatic nitrogens is 3. The van der Waals surface area contributed by atoms with Crippen LogP contribution in [0, 0.1) is 0 Å². The van der Waals surface area contributed by atoms with Crippen LogP contribution in [0.25, 0.3) is 5.82 Å². The van der Waals surface area contributed by atoms with Crippen molar-refractivity contribution in [2.24, 2.45) is 0 Å². The molecule has 0 bridgehead atoms. The van der Waals surface area contributed by atoms with E-state index >= 15 is 0 Å². The molecule has 194 valence electrons. The molecule has 4 rings (SSSR count). The molecular weight excluding hydrogens is 578 g/mol. The van der Waals surface area contributed by atoms with E-state index in [0.29, 0.717) is 12.8 Å². The molecule has 1 aliphatic rings. The molecule has 2 aromatic heterocycles. The molecular formula is C22H15Cl3F3N5O3S. The van der Waals surface area contributed by atoms with Crippen molar-refractivity contribution in [3.8, 4) is 11.7 Å². The molecule has 0 saturated heterocycles. The van der Waals surface area contributed by atoms with Gasteiger partial charge in [0.05, 0.1) is 21.3 Å². The fourth-order valence-corrected chi connectivity index (χ4v) is 4.42. The highest BCUT2D eigenvalue weighted by atomic mass is 35.5. The third-order valence-corrected chi connectivity index (χ3v) is 6.19. The molecule has 0 spiro atoms. The third-order valence-electron chi connectivity index (χ3n) is 5.04. The lowest BCUT2D eigenvalue weighted by molar-refractivity contribution is -0.123. The van der Waals surface area contributed by atoms with Gasteiger partial charge in [-0.2, -0.15) is 13.2 Å². The summed E-state index contributed by atoms with van der Waals surface area (Å²) in [5.74, 6) is -1.78. The average molecular weight is 593 g/mol. The van der Waals surface area contributed by atoms with Crippen LogP contribution in [0.2, 0.25) is 15.1 Å². The van der Waals surface area contributed by atoms with Gasteiger partial charge in [-0.25, -0.2) is 9.67 Å². The van der Waals surface area contributed by atoms with E-state index in [2.05, 4.69) is 15.4 Å². The first kappa shape index (κ1) is 27.1. The summed E-state index contributed by atoms with van der Waals surface area (Å²) in [6, 6.07) is 6.75. The SMILES string of the molecule is O=C(NCC(F)(F)F)c1cc(Cl)cc(Cl)c1NC(=O)c1cc(OC2CC(=S)C2)nn1-c1ncccc1Cl. The summed E-state index contributed by atoms with van der Waals surface area (Å²) >= 11 is 23.5. The van der Waals surface area contributed by atoms with Crippen molar-refractivity contribution in [1.29, 1.82) is 0 Å². The van der Waals surface area contributed by atoms with Gasteiger partial charge in [-0.05, 0) is 24.3 Å². The number of anilines is 1. The van der Waals surface area contributed by atoms with Gasteiger partial charge in [0.25, 0.3) is 11.8 Å². The maximum absolute atomic E-state index is 13.4. The van der Waals surface area contributed by atoms with E-state index in [1.54, 1.807) is 11.4 Å². The van der Waals surface area contributed by atoms with Crippen molar-refractivity contribution in [1.82, 2.24) is 20.1 Å². The number of nitrogens with zero attached hydrogens (tertiary/aromatic N) is 3. The molecule has 0 unspecified atom stereocenters. The molecule has 15 heteroatoms. The highest BCUT2D eigenvalue weighted by Crippen LogP contribution is 2.32. The van der Waals surface area contributed by atoms with Gasteiger partial charge in [0.2, 0.25) is 5.88 Å². The number of carbonyl (C=O) groups is 2. The number of nitrogens with one attached hydrogen (secondary N) is 2. The molecule has 2 heterocycles. The number of amides is 2. The van der Waals surface area contributed by atoms with Gasteiger partial charge in [-0.15, -0.1) is 5.10 Å². The summed E-state index contributed by atoms with van der Waals surface area (Å²) in [6.07, 6.45) is -2.30. The van der Waals surface area contributed by atoms with Crippen molar-refractivity contribution in [3.05, 3.63) is 62.9 Å². The Bertz CT molecular complexity index is 1390. The van der Waals surface area contributed by atoms with Gasteiger partial charge in [-0.1, -0.05) is 47.0 Å². The largest absolute Gasteiger partial charge is 0.473 e. The minimum atomic E-state index is -4.66. The Kier molecular flexibility index (Phi) is 7.93. The second kappa shape index (κ2) is 10.8. The van der Waals surface area contributed by atoms with Crippen molar-refractivity contribution < 1.29 is 27.5 Å². The van der Waals surface area contributed by atoms with Crippen LogP contribution < -0.4 is 15.4 Å². The minimum Gasteiger partial charge on any atom is -0.473 e. The predicted octanol–water partition coefficient (Wildman–Crippen LogP) is 5.68. The lowest BCUT2D eigenvalue weighted by atomic mass is 9.96. The Morgan fingerprint density at radius 2 is 1.86 bits per heavy atom. The van der Waals surface area contributed by atoms with Crippen LogP contribution in [-0.4, -0.2) is 50.3 Å². The average Bonchev–Trinajstić information content (AvgIpc) is 3.21. The Balaban J connectivity index is 1.68. The van der Waals surface area contributed by atoms with Gasteiger partial charge in [0.1, 0.15) is 18.3 Å². The van der Waals surface area contributed by atoms with Crippen LogP contribution in [0.3, 0.4) is 0 Å². The molecule has 1 aliphatic carbocycles. The third kappa shape index (κ3) is 6.50. The van der Waals surface area contributed by atoms with Crippen molar-refractivity contribution in [3.63, 3.8) is 0 Å². The highest BCUT2D eigenvalue weighted by Gasteiger charge is 2.30. The normalized spacial score (nSPS) is 13.7. The zero-order valence-corrected chi connectivity index (χ0v) is 21.5. The maximum Gasteiger partial charge on any atom is 0.405 e. The summed E-state index contributed by atoms with van der Waals surface area (Å²) in [6.45, 7) is -1.60. The number of carbonyl (C=O) groups excluding carboxylic acids is 2. The van der Waals surface area contributed by atoms with E-state index < -0.39 is 24.5 Å². The quantitative estimate of drug-likeness (QED) is 0.343. The van der Waals surface area contributed by atoms with E-state index in [9.17, 15) is 22.8 Å². The summed E-state index contributed by atoms with van der Waals surface area (Å²) in [7, 11) is 0. The topological polar surface area (TPSA) is 98.1 Å². The lowest BCUT2D eigenvalue weighted by Gasteiger charge is -2.26. The highest BCUT2D eigenvalue weighted by molar-refractivity contribution is 7.80. The molecule has 1 fully saturated rings. The fourth-order valence-electron chi connectivity index (χ4n) is 3.31. The zero-order chi connectivity index (χ0) is 26.9. The first-order chi connectivity index (χ1) is 17.4. The van der Waals surface area contributed by atoms with Crippen molar-refractivity contribution in [2.45, 2.75) is 25.1 Å². The van der Waals surface area contributed by atoms with Gasteiger partial charge in [0.15, 0.2) is 5.82 Å². The molecule has 1 aromatic carbocycles. The van der Waals surface area contributed by atoms with Crippen LogP contribution in [0.1, 0.15) is 33.7 Å². The van der Waals surface area contributed by atoms with Crippen LogP contribution >= 0.6 is 47.0 Å². The molecule has 0 atom stereocenters. The zero-order valence-electron chi connectivity index (χ0n) is 18.4. The molecule has 3 aromatic rings. The smallest absolute Gasteiger partial charge is 0.405 e. The molecule has 37 heavy (non-hydrogen) atoms.